The zero-order chi connectivity index (χ0) is 110. The molecule has 16 atom stereocenters. The molecule has 2 aromatic heterocycles. The Morgan fingerprint density at radius 1 is 0.200 bits per heavy atom. The molecule has 10 aliphatic rings. The molecule has 0 aliphatic carbocycles. The van der Waals surface area contributed by atoms with E-state index in [1.165, 1.54) is 0 Å². The topological polar surface area (TPSA) is 357 Å². The van der Waals surface area contributed by atoms with E-state index in [4.69, 9.17) is 154 Å². The van der Waals surface area contributed by atoms with E-state index in [0.29, 0.717) is 158 Å². The molecule has 12 heterocycles. The van der Waals surface area contributed by atoms with Crippen molar-refractivity contribution in [2.75, 3.05) is 0 Å². The van der Waals surface area contributed by atoms with Crippen LogP contribution in [0.1, 0.15) is 273 Å². The predicted molar refractivity (Wildman–Crippen MR) is 621 cm³/mol. The molecule has 3 aromatic rings. The van der Waals surface area contributed by atoms with Gasteiger partial charge in [-0.15, -0.1) is 10.2 Å². The molecule has 10 aliphatic heterocycles. The summed E-state index contributed by atoms with van der Waals surface area (Å²) < 4.78 is 269. The molecule has 0 saturated carbocycles. The molecule has 0 amide bonds. The van der Waals surface area contributed by atoms with Gasteiger partial charge in [-0.1, -0.05) is 260 Å². The molecule has 60 heteroatoms. The van der Waals surface area contributed by atoms with Gasteiger partial charge in [0, 0.05) is 134 Å². The van der Waals surface area contributed by atoms with Gasteiger partial charge in [-0.25, -0.2) is 0 Å². The van der Waals surface area contributed by atoms with Gasteiger partial charge in [0.15, 0.2) is 0 Å². The molecule has 0 N–H and O–H groups in total. The van der Waals surface area contributed by atoms with E-state index >= 15 is 0 Å². The third-order valence-electron chi connectivity index (χ3n) is 25.8. The molecule has 150 heavy (non-hydrogen) atoms. The molecular formula is C90H182I2N6O32Si20. The van der Waals surface area contributed by atoms with Crippen molar-refractivity contribution in [3.8, 4) is 11.5 Å². The van der Waals surface area contributed by atoms with Gasteiger partial charge in [-0.2, -0.15) is 0 Å². The maximum atomic E-state index is 8.46. The van der Waals surface area contributed by atoms with Crippen molar-refractivity contribution >= 4 is 221 Å². The number of ether oxygens (including phenoxy) is 2. The summed E-state index contributed by atoms with van der Waals surface area (Å²) in [6.07, 6.45) is 4.66. The molecule has 20 bridgehead atoms. The predicted octanol–water partition coefficient (Wildman–Crippen LogP) is 23.3. The number of halogens is 2. The van der Waals surface area contributed by atoms with Crippen LogP contribution >= 0.6 is 45.2 Å². The van der Waals surface area contributed by atoms with Gasteiger partial charge in [0.25, 0.3) is 0 Å². The second-order valence-corrected chi connectivity index (χ2v) is 114. The Balaban J connectivity index is 0.726. The normalized spacial score (nSPS) is 38.0. The minimum Gasteiger partial charge on any atom is -0.486 e. The Hall–Kier alpha value is 1.70. The van der Waals surface area contributed by atoms with E-state index < -0.39 is 176 Å². The van der Waals surface area contributed by atoms with Gasteiger partial charge in [-0.3, -0.25) is 9.36 Å². The Morgan fingerprint density at radius 3 is 0.440 bits per heavy atom. The van der Waals surface area contributed by atoms with Crippen LogP contribution in [-0.4, -0.2) is 206 Å². The zero-order valence-corrected chi connectivity index (χ0v) is 121. The van der Waals surface area contributed by atoms with Crippen molar-refractivity contribution in [1.82, 2.24) is 30.0 Å². The van der Waals surface area contributed by atoms with Crippen LogP contribution in [0.3, 0.4) is 0 Å². The molecule has 0 spiro atoms. The first-order valence-electron chi connectivity index (χ1n) is 56.2. The number of nitrogens with zero attached hydrogens (tertiary/aromatic N) is 6. The smallest absolute Gasteiger partial charge is 0.479 e. The van der Waals surface area contributed by atoms with Crippen LogP contribution in [-0.2, 0) is 150 Å². The van der Waals surface area contributed by atoms with Crippen LogP contribution < -0.4 is 9.47 Å². The quantitative estimate of drug-likeness (QED) is 0.0374. The second-order valence-electron chi connectivity index (χ2n) is 51.9. The standard InChI is InChI=1S/C90H182I2N6O32Si20/c1-67(2)49-133-101-131(103-135(51-69(5)6)111-139(107-133,55-73(13)14)119-147(63-81(29)30)125-143(115-135,59-77(21)22)123-144(60-78(23)24)116-136(104-131,52-70(7)8)112-140(108-133,56-74(15)16)120-148(126-144,129-147)64-82(31)32)41-37-39-97-45-85(93-95-97)47-99-89-43-88(92)90(44-87(89)91)100-48-86-46-98(96-94-86)40-38-42-132-102-134(50-68(3)4)109-141(57-75(17)18)113-137(105-132,53-71(9)10)117-145(61-79(25)26)124-146(62-80(27)28)118-138(106-132,54-72(11)12)114-142(110-134,58-76(19)20)122-150(128-146,66-84(35)36)130-149(121-141,127-145)65-83(33)34/h43-46,67-84H,37-42,47-66H2,1-36H3. The van der Waals surface area contributed by atoms with Crippen LogP contribution in [0.15, 0.2) is 24.5 Å². The van der Waals surface area contributed by atoms with E-state index in [0.717, 1.165) is 7.14 Å². The average molecular weight is 2680 g/mol. The van der Waals surface area contributed by atoms with Crippen molar-refractivity contribution in [2.24, 2.45) is 107 Å². The summed E-state index contributed by atoms with van der Waals surface area (Å²) in [6.45, 7) is 79.1. The lowest BCUT2D eigenvalue weighted by Gasteiger charge is -2.64. The van der Waals surface area contributed by atoms with E-state index in [1.54, 1.807) is 0 Å². The fourth-order valence-corrected chi connectivity index (χ4v) is 153. The third-order valence-corrected chi connectivity index (χ3v) is 128. The highest BCUT2D eigenvalue weighted by molar-refractivity contribution is 14.1. The number of rotatable bonds is 50. The zero-order valence-electron chi connectivity index (χ0n) is 96.6. The largest absolute Gasteiger partial charge is 0.486 e. The van der Waals surface area contributed by atoms with Gasteiger partial charge in [-0.05, 0) is 177 Å². The summed E-state index contributed by atoms with van der Waals surface area (Å²) >= 11 is 4.61. The van der Waals surface area contributed by atoms with Gasteiger partial charge in [0.1, 0.15) is 36.1 Å². The number of hydrogen-bond acceptors (Lipinski definition) is 36. The SMILES string of the molecule is CC(C)C[Si]12O[Si]3(CCCn4cc(COc5cc(I)c(OCc6cn(CCC[Si]78O[Si]9(CC(C)C)O[Si]%10(CC(C)C)O[Si](CC(C)C)(O7)O[Si]7(CC(C)C)O[Si]%11(CC(C)C)O[Si](CC(C)C)(O8)O[Si](CC(C)C)(O9)O[Si](CC(C)C)(O%11)O[Si](CC(C)C)(O%10)O7)nn6)cc5I)nn4)O[Si]4(CC(C)C)O[Si](CC(C)C)(O1)O[Si]1(CC(C)C)O[Si](CC(C)C)(O4)O[Si]4(CC(C)C)O[Si](CC(C)C)(O3)O[Si](CC(C)C)(O2)O[Si](CC(C)C)(O4)O1. The number of aryl methyl sites for hydroxylation is 2. The summed E-state index contributed by atoms with van der Waals surface area (Å²) in [6, 6.07) is 10.3. The minimum absolute atomic E-state index is 0.0300. The summed E-state index contributed by atoms with van der Waals surface area (Å²) in [7, 11) is -88.7. The number of fused-ring (bicyclic) bond motifs is 20. The first-order valence-corrected chi connectivity index (χ1v) is 96.9. The second kappa shape index (κ2) is 47.8. The molecule has 16 unspecified atom stereocenters. The fourth-order valence-electron chi connectivity index (χ4n) is 22.9. The lowest BCUT2D eigenvalue weighted by molar-refractivity contribution is -0.0398. The lowest BCUT2D eigenvalue weighted by atomic mass is 10.3. The first-order chi connectivity index (χ1) is 69.6. The summed E-state index contributed by atoms with van der Waals surface area (Å²) in [5.41, 5.74) is 1.22. The highest BCUT2D eigenvalue weighted by Crippen LogP contribution is 2.62. The molecule has 0 radical (unpaired) electrons. The van der Waals surface area contributed by atoms with E-state index in [-0.39, 0.29) is 132 Å². The van der Waals surface area contributed by atoms with Crippen molar-refractivity contribution in [3.05, 3.63) is 43.1 Å². The monoisotopic (exact) mass is 2670 g/mol. The van der Waals surface area contributed by atoms with Crippen molar-refractivity contribution < 1.29 is 133 Å². The van der Waals surface area contributed by atoms with E-state index in [9.17, 15) is 0 Å². The van der Waals surface area contributed by atoms with E-state index in [2.05, 4.69) is 294 Å². The fraction of sp³-hybridized carbons (Fsp3) is 0.889. The van der Waals surface area contributed by atoms with Crippen molar-refractivity contribution in [1.29, 1.82) is 0 Å². The Morgan fingerprint density at radius 2 is 0.320 bits per heavy atom. The van der Waals surface area contributed by atoms with Crippen LogP contribution in [0, 0.1) is 114 Å². The third kappa shape index (κ3) is 30.5. The Bertz CT molecular complexity index is 4460. The van der Waals surface area contributed by atoms with Gasteiger partial charge in [0.05, 0.1) is 19.5 Å². The molecule has 10 saturated heterocycles. The maximum Gasteiger partial charge on any atom is 0.479 e. The summed E-state index contributed by atoms with van der Waals surface area (Å²) in [4.78, 5) is 0. The van der Waals surface area contributed by atoms with Gasteiger partial charge < -0.3 is 133 Å². The molecule has 10 fully saturated rings. The van der Waals surface area contributed by atoms with Crippen LogP contribution in [0.4, 0.5) is 0 Å². The van der Waals surface area contributed by atoms with E-state index in [1.807, 2.05) is 33.9 Å². The maximum absolute atomic E-state index is 8.46. The molecule has 858 valence electrons. The van der Waals surface area contributed by atoms with Gasteiger partial charge >= 0.3 is 176 Å². The molecule has 38 nitrogen and oxygen atoms in total. The highest BCUT2D eigenvalue weighted by Gasteiger charge is 2.88. The van der Waals surface area contributed by atoms with Crippen LogP contribution in [0.25, 0.3) is 0 Å². The Kier molecular flexibility index (Phi) is 40.0. The van der Waals surface area contributed by atoms with Crippen molar-refractivity contribution in [2.45, 2.75) is 409 Å². The summed E-state index contributed by atoms with van der Waals surface area (Å²) in [5.74, 6) is 0.345. The van der Waals surface area contributed by atoms with Crippen LogP contribution in [0.2, 0.25) is 121 Å². The van der Waals surface area contributed by atoms with Crippen molar-refractivity contribution in [3.63, 3.8) is 0 Å². The number of aromatic nitrogens is 6. The number of benzene rings is 1. The Labute approximate surface area is 945 Å². The number of hydrogen-bond donors (Lipinski definition) is 0. The summed E-state index contributed by atoms with van der Waals surface area (Å²) in [5, 5.41) is 19.1. The minimum atomic E-state index is -4.58. The lowest BCUT2D eigenvalue weighted by Crippen LogP contribution is -2.88. The van der Waals surface area contributed by atoms with Gasteiger partial charge in [0.2, 0.25) is 0 Å². The van der Waals surface area contributed by atoms with Crippen LogP contribution in [0.5, 0.6) is 11.5 Å². The molecule has 13 rings (SSSR count). The molecular weight excluding hydrogens is 2490 g/mol. The molecule has 1 aromatic carbocycles. The highest BCUT2D eigenvalue weighted by atomic mass is 127. The first kappa shape index (κ1) is 125. The average Bonchev–Trinajstić information content (AvgIpc) is 0.836.